The molecule has 0 N–H and O–H groups in total. The minimum Gasteiger partial charge on any atom is -0.486 e. The number of hydrogen-bond donors (Lipinski definition) is 0. The molecule has 1 fully saturated rings. The molecular formula is C21H26N2O5S2. The molecule has 30 heavy (non-hydrogen) atoms. The molecule has 9 heteroatoms. The number of rotatable bonds is 7. The van der Waals surface area contributed by atoms with E-state index in [1.807, 2.05) is 25.1 Å². The maximum atomic E-state index is 12.9. The van der Waals surface area contributed by atoms with Crippen LogP contribution in [0.4, 0.5) is 0 Å². The summed E-state index contributed by atoms with van der Waals surface area (Å²) in [5, 5.41) is 0. The van der Waals surface area contributed by atoms with E-state index in [9.17, 15) is 13.2 Å². The molecule has 0 bridgehead atoms. The third-order valence-electron chi connectivity index (χ3n) is 5.37. The number of benzene rings is 1. The smallest absolute Gasteiger partial charge is 0.252 e. The van der Waals surface area contributed by atoms with E-state index in [4.69, 9.17) is 9.47 Å². The van der Waals surface area contributed by atoms with Crippen LogP contribution in [0, 0.1) is 0 Å². The Morgan fingerprint density at radius 1 is 1.13 bits per heavy atom. The fourth-order valence-corrected chi connectivity index (χ4v) is 6.77. The standard InChI is InChI=1S/C21H26N2O5S2/c1-2-22(15-16-6-5-7-18-21(16)28-13-12-27-18)19(24)14-17-8-9-20(29-17)30(25,26)23-10-3-4-11-23/h5-9H,2-4,10-15H2,1H3. The van der Waals surface area contributed by atoms with Gasteiger partial charge in [-0.15, -0.1) is 11.3 Å². The topological polar surface area (TPSA) is 76.1 Å². The van der Waals surface area contributed by atoms with Crippen molar-refractivity contribution in [2.24, 2.45) is 0 Å². The summed E-state index contributed by atoms with van der Waals surface area (Å²) in [6.45, 7) is 5.07. The van der Waals surface area contributed by atoms with Gasteiger partial charge in [0.2, 0.25) is 5.91 Å². The van der Waals surface area contributed by atoms with Crippen molar-refractivity contribution < 1.29 is 22.7 Å². The van der Waals surface area contributed by atoms with Crippen molar-refractivity contribution in [1.82, 2.24) is 9.21 Å². The Kier molecular flexibility index (Phi) is 6.31. The molecule has 1 aromatic carbocycles. The minimum atomic E-state index is -3.44. The van der Waals surface area contributed by atoms with Gasteiger partial charge in [-0.25, -0.2) is 8.42 Å². The average molecular weight is 451 g/mol. The molecule has 2 aliphatic heterocycles. The maximum Gasteiger partial charge on any atom is 0.252 e. The number of nitrogens with zero attached hydrogens (tertiary/aromatic N) is 2. The number of hydrogen-bond acceptors (Lipinski definition) is 6. The SMILES string of the molecule is CCN(Cc1cccc2c1OCCO2)C(=O)Cc1ccc(S(=O)(=O)N2CCCC2)s1. The van der Waals surface area contributed by atoms with Crippen LogP contribution in [-0.2, 0) is 27.8 Å². The predicted octanol–water partition coefficient (Wildman–Crippen LogP) is 2.90. The molecule has 4 rings (SSSR count). The zero-order valence-corrected chi connectivity index (χ0v) is 18.6. The monoisotopic (exact) mass is 450 g/mol. The van der Waals surface area contributed by atoms with Crippen LogP contribution >= 0.6 is 11.3 Å². The van der Waals surface area contributed by atoms with Crippen LogP contribution in [0.15, 0.2) is 34.5 Å². The van der Waals surface area contributed by atoms with Crippen molar-refractivity contribution >= 4 is 27.3 Å². The van der Waals surface area contributed by atoms with Crippen molar-refractivity contribution in [3.63, 3.8) is 0 Å². The third-order valence-corrected chi connectivity index (χ3v) is 8.82. The molecule has 162 valence electrons. The van der Waals surface area contributed by atoms with E-state index in [1.165, 1.54) is 15.6 Å². The van der Waals surface area contributed by atoms with Gasteiger partial charge in [0.1, 0.15) is 17.4 Å². The summed E-state index contributed by atoms with van der Waals surface area (Å²) in [4.78, 5) is 15.4. The molecule has 0 spiro atoms. The molecule has 0 unspecified atom stereocenters. The molecular weight excluding hydrogens is 424 g/mol. The molecule has 7 nitrogen and oxygen atoms in total. The zero-order valence-electron chi connectivity index (χ0n) is 17.0. The number of amides is 1. The molecule has 0 atom stereocenters. The molecule has 1 saturated heterocycles. The first-order chi connectivity index (χ1) is 14.5. The second kappa shape index (κ2) is 8.95. The Balaban J connectivity index is 1.45. The zero-order chi connectivity index (χ0) is 21.1. The number of para-hydroxylation sites is 1. The molecule has 3 heterocycles. The second-order valence-electron chi connectivity index (χ2n) is 7.36. The number of carbonyl (C=O) groups is 1. The van der Waals surface area contributed by atoms with Gasteiger partial charge < -0.3 is 14.4 Å². The van der Waals surface area contributed by atoms with E-state index in [-0.39, 0.29) is 12.3 Å². The van der Waals surface area contributed by atoms with Gasteiger partial charge in [-0.05, 0) is 38.0 Å². The van der Waals surface area contributed by atoms with E-state index in [1.54, 1.807) is 17.0 Å². The summed E-state index contributed by atoms with van der Waals surface area (Å²) in [6, 6.07) is 9.08. The van der Waals surface area contributed by atoms with Crippen LogP contribution < -0.4 is 9.47 Å². The lowest BCUT2D eigenvalue weighted by Crippen LogP contribution is -2.32. The number of likely N-dealkylation sites (N-methyl/N-ethyl adjacent to an activating group) is 1. The lowest BCUT2D eigenvalue weighted by atomic mass is 10.1. The molecule has 0 saturated carbocycles. The van der Waals surface area contributed by atoms with Gasteiger partial charge in [0.15, 0.2) is 11.5 Å². The highest BCUT2D eigenvalue weighted by Gasteiger charge is 2.29. The largest absolute Gasteiger partial charge is 0.486 e. The lowest BCUT2D eigenvalue weighted by molar-refractivity contribution is -0.130. The first-order valence-corrected chi connectivity index (χ1v) is 12.5. The minimum absolute atomic E-state index is 0.0428. The normalized spacial score (nSPS) is 16.6. The number of fused-ring (bicyclic) bond motifs is 1. The highest BCUT2D eigenvalue weighted by atomic mass is 32.2. The van der Waals surface area contributed by atoms with Gasteiger partial charge in [0.25, 0.3) is 10.0 Å². The average Bonchev–Trinajstić information content (AvgIpc) is 3.45. The van der Waals surface area contributed by atoms with Crippen molar-refractivity contribution in [2.45, 2.75) is 36.9 Å². The van der Waals surface area contributed by atoms with Crippen molar-refractivity contribution in [2.75, 3.05) is 32.8 Å². The Morgan fingerprint density at radius 2 is 1.90 bits per heavy atom. The van der Waals surface area contributed by atoms with Crippen LogP contribution in [-0.4, -0.2) is 56.4 Å². The van der Waals surface area contributed by atoms with Gasteiger partial charge in [0.05, 0.1) is 6.42 Å². The van der Waals surface area contributed by atoms with E-state index in [0.29, 0.717) is 55.1 Å². The van der Waals surface area contributed by atoms with Crippen molar-refractivity contribution in [3.8, 4) is 11.5 Å². The Bertz CT molecular complexity index is 1010. The van der Waals surface area contributed by atoms with Gasteiger partial charge in [0, 0.05) is 36.6 Å². The highest BCUT2D eigenvalue weighted by molar-refractivity contribution is 7.91. The van der Waals surface area contributed by atoms with Crippen LogP contribution in [0.3, 0.4) is 0 Å². The van der Waals surface area contributed by atoms with E-state index in [0.717, 1.165) is 23.3 Å². The first kappa shape index (κ1) is 21.1. The van der Waals surface area contributed by atoms with E-state index < -0.39 is 10.0 Å². The molecule has 1 aromatic heterocycles. The van der Waals surface area contributed by atoms with Crippen LogP contribution in [0.25, 0.3) is 0 Å². The predicted molar refractivity (Wildman–Crippen MR) is 115 cm³/mol. The van der Waals surface area contributed by atoms with E-state index in [2.05, 4.69) is 0 Å². The second-order valence-corrected chi connectivity index (χ2v) is 10.7. The number of ether oxygens (including phenoxy) is 2. The number of sulfonamides is 1. The lowest BCUT2D eigenvalue weighted by Gasteiger charge is -2.25. The maximum absolute atomic E-state index is 12.9. The van der Waals surface area contributed by atoms with Crippen LogP contribution in [0.2, 0.25) is 0 Å². The Hall–Kier alpha value is -2.10. The van der Waals surface area contributed by atoms with E-state index >= 15 is 0 Å². The summed E-state index contributed by atoms with van der Waals surface area (Å²) < 4.78 is 38.7. The van der Waals surface area contributed by atoms with Gasteiger partial charge >= 0.3 is 0 Å². The van der Waals surface area contributed by atoms with Crippen molar-refractivity contribution in [3.05, 3.63) is 40.8 Å². The van der Waals surface area contributed by atoms with Gasteiger partial charge in [-0.1, -0.05) is 12.1 Å². The first-order valence-electron chi connectivity index (χ1n) is 10.2. The summed E-state index contributed by atoms with van der Waals surface area (Å²) in [5.74, 6) is 1.36. The van der Waals surface area contributed by atoms with Gasteiger partial charge in [-0.2, -0.15) is 4.31 Å². The number of carbonyl (C=O) groups excluding carboxylic acids is 1. The van der Waals surface area contributed by atoms with Crippen molar-refractivity contribution in [1.29, 1.82) is 0 Å². The molecule has 0 radical (unpaired) electrons. The summed E-state index contributed by atoms with van der Waals surface area (Å²) >= 11 is 1.19. The summed E-state index contributed by atoms with van der Waals surface area (Å²) in [5.41, 5.74) is 0.908. The highest BCUT2D eigenvalue weighted by Crippen LogP contribution is 2.34. The summed E-state index contributed by atoms with van der Waals surface area (Å²) in [6.07, 6.45) is 1.99. The third kappa shape index (κ3) is 4.33. The molecule has 1 amide bonds. The molecule has 0 aliphatic carbocycles. The van der Waals surface area contributed by atoms with Crippen LogP contribution in [0.5, 0.6) is 11.5 Å². The molecule has 2 aromatic rings. The number of thiophene rings is 1. The fraction of sp³-hybridized carbons (Fsp3) is 0.476. The fourth-order valence-electron chi connectivity index (χ4n) is 3.75. The Labute approximate surface area is 181 Å². The quantitative estimate of drug-likeness (QED) is 0.648. The summed E-state index contributed by atoms with van der Waals surface area (Å²) in [7, 11) is -3.44. The van der Waals surface area contributed by atoms with Gasteiger partial charge in [-0.3, -0.25) is 4.79 Å². The Morgan fingerprint density at radius 3 is 2.67 bits per heavy atom. The molecule has 2 aliphatic rings. The van der Waals surface area contributed by atoms with Crippen LogP contribution in [0.1, 0.15) is 30.2 Å².